The Hall–Kier alpha value is -1.68. The number of fused-ring (bicyclic) bond motifs is 1. The van der Waals surface area contributed by atoms with Gasteiger partial charge in [0.05, 0.1) is 11.1 Å². The van der Waals surface area contributed by atoms with Crippen LogP contribution in [0.15, 0.2) is 30.6 Å². The number of ether oxygens (including phenoxy) is 1. The second-order valence-electron chi connectivity index (χ2n) is 4.83. The minimum atomic E-state index is 0.00601. The highest BCUT2D eigenvalue weighted by Gasteiger charge is 2.36. The molecule has 1 aliphatic carbocycles. The van der Waals surface area contributed by atoms with Gasteiger partial charge in [0.15, 0.2) is 0 Å². The average Bonchev–Trinajstić information content (AvgIpc) is 2.38. The standard InChI is InChI=1S/C14H17N3O/c1-18-14(7-4-8-14)9-15-13-11-5-2-3-6-12(11)16-10-17-13/h2-3,5-6,10H,4,7-9H2,1H3,(H,15,16,17). The van der Waals surface area contributed by atoms with Crippen LogP contribution in [0.2, 0.25) is 0 Å². The maximum Gasteiger partial charge on any atom is 0.137 e. The molecule has 0 radical (unpaired) electrons. The fourth-order valence-electron chi connectivity index (χ4n) is 2.41. The van der Waals surface area contributed by atoms with Crippen molar-refractivity contribution in [2.45, 2.75) is 24.9 Å². The van der Waals surface area contributed by atoms with Gasteiger partial charge in [-0.2, -0.15) is 0 Å². The van der Waals surface area contributed by atoms with E-state index in [9.17, 15) is 0 Å². The first-order chi connectivity index (χ1) is 8.83. The van der Waals surface area contributed by atoms with Gasteiger partial charge >= 0.3 is 0 Å². The molecule has 0 atom stereocenters. The molecule has 4 nitrogen and oxygen atoms in total. The number of para-hydroxylation sites is 1. The molecule has 0 bridgehead atoms. The van der Waals surface area contributed by atoms with Crippen LogP contribution >= 0.6 is 0 Å². The van der Waals surface area contributed by atoms with Crippen molar-refractivity contribution in [1.82, 2.24) is 9.97 Å². The molecule has 0 saturated heterocycles. The zero-order valence-electron chi connectivity index (χ0n) is 10.5. The third kappa shape index (κ3) is 1.93. The van der Waals surface area contributed by atoms with Crippen LogP contribution in [0.25, 0.3) is 10.9 Å². The van der Waals surface area contributed by atoms with Crippen LogP contribution in [0.3, 0.4) is 0 Å². The lowest BCUT2D eigenvalue weighted by molar-refractivity contribution is -0.0601. The van der Waals surface area contributed by atoms with E-state index in [0.29, 0.717) is 0 Å². The zero-order valence-corrected chi connectivity index (χ0v) is 10.5. The first kappa shape index (κ1) is 11.4. The molecular formula is C14H17N3O. The molecule has 1 heterocycles. The highest BCUT2D eigenvalue weighted by Crippen LogP contribution is 2.35. The third-order valence-corrected chi connectivity index (χ3v) is 3.82. The van der Waals surface area contributed by atoms with E-state index in [1.165, 1.54) is 6.42 Å². The summed E-state index contributed by atoms with van der Waals surface area (Å²) in [5, 5.41) is 4.47. The van der Waals surface area contributed by atoms with Crippen molar-refractivity contribution < 1.29 is 4.74 Å². The lowest BCUT2D eigenvalue weighted by Crippen LogP contribution is -2.45. The second-order valence-corrected chi connectivity index (χ2v) is 4.83. The van der Waals surface area contributed by atoms with Crippen molar-refractivity contribution in [3.05, 3.63) is 30.6 Å². The molecule has 4 heteroatoms. The van der Waals surface area contributed by atoms with E-state index in [-0.39, 0.29) is 5.60 Å². The molecule has 1 fully saturated rings. The SMILES string of the molecule is COC1(CNc2ncnc3ccccc23)CCC1. The van der Waals surface area contributed by atoms with Gasteiger partial charge in [-0.15, -0.1) is 0 Å². The van der Waals surface area contributed by atoms with Crippen LogP contribution in [0.1, 0.15) is 19.3 Å². The van der Waals surface area contributed by atoms with E-state index in [0.717, 1.165) is 36.1 Å². The molecular weight excluding hydrogens is 226 g/mol. The van der Waals surface area contributed by atoms with Gasteiger partial charge in [0, 0.05) is 19.0 Å². The van der Waals surface area contributed by atoms with E-state index in [2.05, 4.69) is 15.3 Å². The molecule has 18 heavy (non-hydrogen) atoms. The Morgan fingerprint density at radius 3 is 2.83 bits per heavy atom. The normalized spacial score (nSPS) is 17.4. The number of rotatable bonds is 4. The summed E-state index contributed by atoms with van der Waals surface area (Å²) < 4.78 is 5.60. The Kier molecular flexibility index (Phi) is 2.88. The van der Waals surface area contributed by atoms with Crippen LogP contribution in [-0.4, -0.2) is 29.2 Å². The van der Waals surface area contributed by atoms with Gasteiger partial charge in [0.25, 0.3) is 0 Å². The Morgan fingerprint density at radius 1 is 1.28 bits per heavy atom. The predicted octanol–water partition coefficient (Wildman–Crippen LogP) is 2.61. The lowest BCUT2D eigenvalue weighted by Gasteiger charge is -2.40. The summed E-state index contributed by atoms with van der Waals surface area (Å²) in [5.74, 6) is 0.893. The first-order valence-electron chi connectivity index (χ1n) is 6.32. The monoisotopic (exact) mass is 243 g/mol. The van der Waals surface area contributed by atoms with Crippen LogP contribution in [0.4, 0.5) is 5.82 Å². The molecule has 0 aliphatic heterocycles. The van der Waals surface area contributed by atoms with Crippen LogP contribution in [0, 0.1) is 0 Å². The van der Waals surface area contributed by atoms with E-state index in [4.69, 9.17) is 4.74 Å². The van der Waals surface area contributed by atoms with Crippen molar-refractivity contribution in [3.8, 4) is 0 Å². The molecule has 94 valence electrons. The molecule has 2 aromatic rings. The molecule has 0 spiro atoms. The second kappa shape index (κ2) is 4.53. The number of benzene rings is 1. The first-order valence-corrected chi connectivity index (χ1v) is 6.32. The van der Waals surface area contributed by atoms with Gasteiger partial charge in [0.1, 0.15) is 12.1 Å². The molecule has 1 aliphatic rings. The third-order valence-electron chi connectivity index (χ3n) is 3.82. The van der Waals surface area contributed by atoms with Crippen LogP contribution in [-0.2, 0) is 4.74 Å². The van der Waals surface area contributed by atoms with Gasteiger partial charge in [-0.25, -0.2) is 9.97 Å². The minimum absolute atomic E-state index is 0.00601. The average molecular weight is 243 g/mol. The van der Waals surface area contributed by atoms with Gasteiger partial charge in [-0.1, -0.05) is 12.1 Å². The summed E-state index contributed by atoms with van der Waals surface area (Å²) >= 11 is 0. The smallest absolute Gasteiger partial charge is 0.137 e. The molecule has 1 N–H and O–H groups in total. The largest absolute Gasteiger partial charge is 0.376 e. The summed E-state index contributed by atoms with van der Waals surface area (Å²) in [4.78, 5) is 8.58. The Bertz CT molecular complexity index is 541. The summed E-state index contributed by atoms with van der Waals surface area (Å²) in [5.41, 5.74) is 0.974. The number of nitrogens with one attached hydrogen (secondary N) is 1. The minimum Gasteiger partial charge on any atom is -0.376 e. The fourth-order valence-corrected chi connectivity index (χ4v) is 2.41. The number of methoxy groups -OCH3 is 1. The molecule has 1 saturated carbocycles. The van der Waals surface area contributed by atoms with Gasteiger partial charge in [-0.05, 0) is 31.4 Å². The predicted molar refractivity (Wildman–Crippen MR) is 71.6 cm³/mol. The van der Waals surface area contributed by atoms with Crippen LogP contribution in [0.5, 0.6) is 0 Å². The van der Waals surface area contributed by atoms with E-state index >= 15 is 0 Å². The quantitative estimate of drug-likeness (QED) is 0.896. The zero-order chi connectivity index (χ0) is 12.4. The highest BCUT2D eigenvalue weighted by atomic mass is 16.5. The number of hydrogen-bond donors (Lipinski definition) is 1. The summed E-state index contributed by atoms with van der Waals surface area (Å²) in [7, 11) is 1.79. The Balaban J connectivity index is 1.82. The van der Waals surface area contributed by atoms with Crippen molar-refractivity contribution in [1.29, 1.82) is 0 Å². The van der Waals surface area contributed by atoms with E-state index in [1.807, 2.05) is 24.3 Å². The molecule has 1 aromatic carbocycles. The maximum absolute atomic E-state index is 5.60. The van der Waals surface area contributed by atoms with Gasteiger partial charge in [-0.3, -0.25) is 0 Å². The molecule has 3 rings (SSSR count). The summed E-state index contributed by atoms with van der Waals surface area (Å²) in [6.45, 7) is 0.810. The number of anilines is 1. The van der Waals surface area contributed by atoms with Crippen molar-refractivity contribution in [2.75, 3.05) is 19.0 Å². The topological polar surface area (TPSA) is 47.0 Å². The Morgan fingerprint density at radius 2 is 2.11 bits per heavy atom. The number of aromatic nitrogens is 2. The van der Waals surface area contributed by atoms with Gasteiger partial charge in [0.2, 0.25) is 0 Å². The van der Waals surface area contributed by atoms with Crippen molar-refractivity contribution in [2.24, 2.45) is 0 Å². The van der Waals surface area contributed by atoms with E-state index in [1.54, 1.807) is 13.4 Å². The number of hydrogen-bond acceptors (Lipinski definition) is 4. The van der Waals surface area contributed by atoms with Crippen molar-refractivity contribution >= 4 is 16.7 Å². The summed E-state index contributed by atoms with van der Waals surface area (Å²) in [6, 6.07) is 8.03. The van der Waals surface area contributed by atoms with Crippen LogP contribution < -0.4 is 5.32 Å². The molecule has 0 amide bonds. The highest BCUT2D eigenvalue weighted by molar-refractivity contribution is 5.88. The fraction of sp³-hybridized carbons (Fsp3) is 0.429. The number of nitrogens with zero attached hydrogens (tertiary/aromatic N) is 2. The maximum atomic E-state index is 5.60. The van der Waals surface area contributed by atoms with Gasteiger partial charge < -0.3 is 10.1 Å². The lowest BCUT2D eigenvalue weighted by atomic mass is 9.80. The van der Waals surface area contributed by atoms with E-state index < -0.39 is 0 Å². The van der Waals surface area contributed by atoms with Crippen molar-refractivity contribution in [3.63, 3.8) is 0 Å². The summed E-state index contributed by atoms with van der Waals surface area (Å²) in [6.07, 6.45) is 5.10. The molecule has 1 aromatic heterocycles. The Labute approximate surface area is 106 Å². The molecule has 0 unspecified atom stereocenters.